The second-order valence-electron chi connectivity index (χ2n) is 5.25. The highest BCUT2D eigenvalue weighted by Crippen LogP contribution is 2.32. The number of nitrogen functional groups attached to an aromatic ring is 1. The molecule has 1 aromatic carbocycles. The summed E-state index contributed by atoms with van der Waals surface area (Å²) in [5.74, 6) is -0.123. The highest BCUT2D eigenvalue weighted by Gasteiger charge is 2.28. The average molecular weight is 270 g/mol. The van der Waals surface area contributed by atoms with Crippen LogP contribution in [0.1, 0.15) is 33.7 Å². The van der Waals surface area contributed by atoms with Crippen LogP contribution in [0.2, 0.25) is 0 Å². The van der Waals surface area contributed by atoms with Crippen LogP contribution in [-0.4, -0.2) is 22.6 Å². The van der Waals surface area contributed by atoms with E-state index in [1.165, 1.54) is 5.56 Å². The van der Waals surface area contributed by atoms with Gasteiger partial charge in [0.05, 0.1) is 17.1 Å². The molecule has 2 aromatic rings. The van der Waals surface area contributed by atoms with Gasteiger partial charge in [0.2, 0.25) is 0 Å². The number of anilines is 2. The number of carbonyl (C=O) groups is 1. The third-order valence-electron chi connectivity index (χ3n) is 3.86. The van der Waals surface area contributed by atoms with E-state index in [1.807, 2.05) is 26.0 Å². The summed E-state index contributed by atoms with van der Waals surface area (Å²) < 4.78 is 0. The van der Waals surface area contributed by atoms with Crippen LogP contribution in [0, 0.1) is 13.8 Å². The zero-order valence-electron chi connectivity index (χ0n) is 11.7. The Balaban J connectivity index is 2.05. The maximum absolute atomic E-state index is 12.7. The number of rotatable bonds is 1. The molecule has 0 bridgehead atoms. The molecule has 5 nitrogen and oxygen atoms in total. The first-order chi connectivity index (χ1) is 9.59. The van der Waals surface area contributed by atoms with Crippen molar-refractivity contribution in [2.45, 2.75) is 26.7 Å². The van der Waals surface area contributed by atoms with E-state index in [0.29, 0.717) is 17.9 Å². The molecule has 3 rings (SSSR count). The van der Waals surface area contributed by atoms with Crippen molar-refractivity contribution >= 4 is 17.3 Å². The molecule has 104 valence electrons. The molecule has 1 aromatic heterocycles. The Labute approximate surface area is 117 Å². The van der Waals surface area contributed by atoms with Gasteiger partial charge in [-0.3, -0.25) is 9.89 Å². The number of aryl methyl sites for hydroxylation is 3. The molecular weight excluding hydrogens is 252 g/mol. The van der Waals surface area contributed by atoms with Crippen molar-refractivity contribution in [2.24, 2.45) is 0 Å². The number of nitrogens with two attached hydrogens (primary N) is 1. The van der Waals surface area contributed by atoms with E-state index in [2.05, 4.69) is 16.3 Å². The molecule has 20 heavy (non-hydrogen) atoms. The van der Waals surface area contributed by atoms with Crippen molar-refractivity contribution in [1.29, 1.82) is 0 Å². The number of amides is 1. The lowest BCUT2D eigenvalue weighted by atomic mass is 9.98. The standard InChI is InChI=1S/C15H18N4O/c1-9-5-3-6-11-7-4-8-19(14(9)11)15(20)13-12(16)10(2)17-18-13/h3,5-6H,4,7-8,16H2,1-2H3,(H,17,18). The second kappa shape index (κ2) is 4.67. The van der Waals surface area contributed by atoms with E-state index in [0.717, 1.165) is 29.8 Å². The van der Waals surface area contributed by atoms with Gasteiger partial charge in [-0.25, -0.2) is 0 Å². The zero-order valence-corrected chi connectivity index (χ0v) is 11.7. The van der Waals surface area contributed by atoms with Gasteiger partial charge < -0.3 is 10.6 Å². The molecule has 0 fully saturated rings. The van der Waals surface area contributed by atoms with Gasteiger partial charge in [0, 0.05) is 6.54 Å². The molecule has 1 aliphatic rings. The Kier molecular flexibility index (Phi) is 2.97. The monoisotopic (exact) mass is 270 g/mol. The predicted octanol–water partition coefficient (Wildman–Crippen LogP) is 2.20. The zero-order chi connectivity index (χ0) is 14.3. The van der Waals surface area contributed by atoms with Crippen LogP contribution >= 0.6 is 0 Å². The van der Waals surface area contributed by atoms with Gasteiger partial charge in [-0.05, 0) is 37.8 Å². The maximum Gasteiger partial charge on any atom is 0.280 e. The number of hydrogen-bond acceptors (Lipinski definition) is 3. The molecule has 0 atom stereocenters. The van der Waals surface area contributed by atoms with E-state index < -0.39 is 0 Å². The number of carbonyl (C=O) groups excluding carboxylic acids is 1. The highest BCUT2D eigenvalue weighted by atomic mass is 16.2. The number of aromatic amines is 1. The summed E-state index contributed by atoms with van der Waals surface area (Å²) in [6.07, 6.45) is 1.97. The van der Waals surface area contributed by atoms with E-state index in [1.54, 1.807) is 4.90 Å². The Hall–Kier alpha value is -2.30. The van der Waals surface area contributed by atoms with Crippen LogP contribution in [0.15, 0.2) is 18.2 Å². The van der Waals surface area contributed by atoms with E-state index in [-0.39, 0.29) is 5.91 Å². The first-order valence-corrected chi connectivity index (χ1v) is 6.80. The van der Waals surface area contributed by atoms with Gasteiger partial charge in [0.15, 0.2) is 5.69 Å². The van der Waals surface area contributed by atoms with Crippen LogP contribution < -0.4 is 10.6 Å². The first-order valence-electron chi connectivity index (χ1n) is 6.80. The molecule has 0 spiro atoms. The fourth-order valence-electron chi connectivity index (χ4n) is 2.78. The molecule has 3 N–H and O–H groups in total. The molecular formula is C15H18N4O. The van der Waals surface area contributed by atoms with E-state index >= 15 is 0 Å². The molecule has 5 heteroatoms. The minimum absolute atomic E-state index is 0.123. The Morgan fingerprint density at radius 1 is 1.40 bits per heavy atom. The number of aromatic nitrogens is 2. The minimum atomic E-state index is -0.123. The average Bonchev–Trinajstić information content (AvgIpc) is 2.78. The number of fused-ring (bicyclic) bond motifs is 1. The normalized spacial score (nSPS) is 14.2. The number of benzene rings is 1. The van der Waals surface area contributed by atoms with Gasteiger partial charge in [-0.1, -0.05) is 18.2 Å². The lowest BCUT2D eigenvalue weighted by Crippen LogP contribution is -2.36. The minimum Gasteiger partial charge on any atom is -0.395 e. The molecule has 2 heterocycles. The fourth-order valence-corrected chi connectivity index (χ4v) is 2.78. The quantitative estimate of drug-likeness (QED) is 0.834. The fraction of sp³-hybridized carbons (Fsp3) is 0.333. The Morgan fingerprint density at radius 2 is 2.20 bits per heavy atom. The van der Waals surface area contributed by atoms with Gasteiger partial charge in [-0.15, -0.1) is 0 Å². The number of para-hydroxylation sites is 1. The van der Waals surface area contributed by atoms with Crippen molar-refractivity contribution in [3.8, 4) is 0 Å². The van der Waals surface area contributed by atoms with Gasteiger partial charge in [-0.2, -0.15) is 5.10 Å². The molecule has 1 amide bonds. The van der Waals surface area contributed by atoms with Crippen LogP contribution in [0.3, 0.4) is 0 Å². The Morgan fingerprint density at radius 3 is 2.90 bits per heavy atom. The second-order valence-corrected chi connectivity index (χ2v) is 5.25. The molecule has 0 aliphatic carbocycles. The summed E-state index contributed by atoms with van der Waals surface area (Å²) in [7, 11) is 0. The first kappa shape index (κ1) is 12.7. The largest absolute Gasteiger partial charge is 0.395 e. The van der Waals surface area contributed by atoms with Crippen LogP contribution in [0.4, 0.5) is 11.4 Å². The molecule has 0 unspecified atom stereocenters. The number of H-pyrrole nitrogens is 1. The van der Waals surface area contributed by atoms with E-state index in [4.69, 9.17) is 5.73 Å². The van der Waals surface area contributed by atoms with Crippen molar-refractivity contribution in [3.63, 3.8) is 0 Å². The number of hydrogen-bond donors (Lipinski definition) is 2. The molecule has 0 saturated heterocycles. The topological polar surface area (TPSA) is 75.0 Å². The lowest BCUT2D eigenvalue weighted by Gasteiger charge is -2.30. The summed E-state index contributed by atoms with van der Waals surface area (Å²) in [5.41, 5.74) is 10.8. The lowest BCUT2D eigenvalue weighted by molar-refractivity contribution is 0.0981. The molecule has 1 aliphatic heterocycles. The van der Waals surface area contributed by atoms with Gasteiger partial charge in [0.25, 0.3) is 5.91 Å². The van der Waals surface area contributed by atoms with Crippen LogP contribution in [0.5, 0.6) is 0 Å². The summed E-state index contributed by atoms with van der Waals surface area (Å²) in [6.45, 7) is 4.56. The van der Waals surface area contributed by atoms with Crippen molar-refractivity contribution in [1.82, 2.24) is 10.2 Å². The SMILES string of the molecule is Cc1cccc2c1N(C(=O)c1n[nH]c(C)c1N)CCC2. The van der Waals surface area contributed by atoms with Crippen LogP contribution in [-0.2, 0) is 6.42 Å². The Bertz CT molecular complexity index is 675. The molecule has 0 saturated carbocycles. The van der Waals surface area contributed by atoms with Crippen molar-refractivity contribution in [3.05, 3.63) is 40.7 Å². The third-order valence-corrected chi connectivity index (χ3v) is 3.86. The summed E-state index contributed by atoms with van der Waals surface area (Å²) in [4.78, 5) is 14.5. The van der Waals surface area contributed by atoms with Gasteiger partial charge >= 0.3 is 0 Å². The number of nitrogens with one attached hydrogen (secondary N) is 1. The third kappa shape index (κ3) is 1.86. The smallest absolute Gasteiger partial charge is 0.280 e. The van der Waals surface area contributed by atoms with Gasteiger partial charge in [0.1, 0.15) is 0 Å². The highest BCUT2D eigenvalue weighted by molar-refractivity contribution is 6.09. The summed E-state index contributed by atoms with van der Waals surface area (Å²) in [6, 6.07) is 6.15. The summed E-state index contributed by atoms with van der Waals surface area (Å²) in [5, 5.41) is 6.82. The maximum atomic E-state index is 12.7. The van der Waals surface area contributed by atoms with Crippen molar-refractivity contribution < 1.29 is 4.79 Å². The summed E-state index contributed by atoms with van der Waals surface area (Å²) >= 11 is 0. The van der Waals surface area contributed by atoms with Crippen LogP contribution in [0.25, 0.3) is 0 Å². The van der Waals surface area contributed by atoms with Crippen molar-refractivity contribution in [2.75, 3.05) is 17.2 Å². The predicted molar refractivity (Wildman–Crippen MR) is 78.9 cm³/mol. The number of nitrogens with zero attached hydrogens (tertiary/aromatic N) is 2. The van der Waals surface area contributed by atoms with E-state index in [9.17, 15) is 4.79 Å². The molecule has 0 radical (unpaired) electrons.